The highest BCUT2D eigenvalue weighted by molar-refractivity contribution is 5.27. The second kappa shape index (κ2) is 4.14. The maximum Gasteiger partial charge on any atom is 0.263 e. The van der Waals surface area contributed by atoms with Gasteiger partial charge in [0, 0.05) is 11.6 Å². The molecule has 0 aliphatic rings. The van der Waals surface area contributed by atoms with Crippen LogP contribution in [0.3, 0.4) is 0 Å². The molecular formula is C10H11F2N. The number of hydrogen-bond donors (Lipinski definition) is 1. The van der Waals surface area contributed by atoms with Gasteiger partial charge >= 0.3 is 0 Å². The predicted octanol–water partition coefficient (Wildman–Crippen LogP) is 2.81. The van der Waals surface area contributed by atoms with Crippen molar-refractivity contribution in [2.45, 2.75) is 12.5 Å². The summed E-state index contributed by atoms with van der Waals surface area (Å²) in [7, 11) is 0. The highest BCUT2D eigenvalue weighted by Gasteiger charge is 2.07. The van der Waals surface area contributed by atoms with Crippen LogP contribution in [0.15, 0.2) is 36.9 Å². The Bertz CT molecular complexity index is 279. The molecule has 0 radical (unpaired) electrons. The molecule has 0 saturated heterocycles. The Hall–Kier alpha value is -1.22. The lowest BCUT2D eigenvalue weighted by Gasteiger charge is -2.06. The third-order valence-corrected chi connectivity index (χ3v) is 1.83. The molecule has 0 saturated carbocycles. The minimum atomic E-state index is -2.42. The Morgan fingerprint density at radius 3 is 2.00 bits per heavy atom. The van der Waals surface area contributed by atoms with E-state index in [0.29, 0.717) is 0 Å². The first-order valence-electron chi connectivity index (χ1n) is 3.91. The van der Waals surface area contributed by atoms with Crippen LogP contribution < -0.4 is 5.73 Å². The summed E-state index contributed by atoms with van der Waals surface area (Å²) in [5.41, 5.74) is 6.42. The molecule has 0 heterocycles. The molecule has 0 aromatic heterocycles. The summed E-state index contributed by atoms with van der Waals surface area (Å²) in [6, 6.07) is 5.65. The number of nitrogens with two attached hydrogens (primary N) is 1. The van der Waals surface area contributed by atoms with Gasteiger partial charge in [0.1, 0.15) is 0 Å². The molecule has 70 valence electrons. The van der Waals surface area contributed by atoms with Crippen LogP contribution in [-0.2, 0) is 0 Å². The van der Waals surface area contributed by atoms with Crippen LogP contribution in [0.1, 0.15) is 23.6 Å². The fraction of sp³-hybridized carbons (Fsp3) is 0.200. The number of alkyl halides is 2. The van der Waals surface area contributed by atoms with Crippen LogP contribution in [0.2, 0.25) is 0 Å². The first kappa shape index (κ1) is 9.86. The van der Waals surface area contributed by atoms with Gasteiger partial charge in [-0.05, 0) is 5.56 Å². The molecule has 0 spiro atoms. The fourth-order valence-corrected chi connectivity index (χ4v) is 1.000. The Morgan fingerprint density at radius 2 is 1.62 bits per heavy atom. The molecule has 2 N–H and O–H groups in total. The molecule has 13 heavy (non-hydrogen) atoms. The van der Waals surface area contributed by atoms with Crippen molar-refractivity contribution >= 4 is 0 Å². The monoisotopic (exact) mass is 183 g/mol. The van der Waals surface area contributed by atoms with Gasteiger partial charge in [-0.2, -0.15) is 0 Å². The standard InChI is InChI=1S/C10H11F2N/c1-2-9(13)7-3-5-8(6-4-7)10(11)12/h2-6,9-10H,1,13H2/t9-/m1/s1. The van der Waals surface area contributed by atoms with E-state index in [4.69, 9.17) is 5.73 Å². The minimum absolute atomic E-state index is 0.0139. The van der Waals surface area contributed by atoms with Crippen molar-refractivity contribution in [1.82, 2.24) is 0 Å². The number of hydrogen-bond acceptors (Lipinski definition) is 1. The first-order valence-corrected chi connectivity index (χ1v) is 3.91. The van der Waals surface area contributed by atoms with E-state index in [2.05, 4.69) is 6.58 Å². The molecule has 0 bridgehead atoms. The number of benzene rings is 1. The van der Waals surface area contributed by atoms with E-state index < -0.39 is 6.43 Å². The average molecular weight is 183 g/mol. The Kier molecular flexibility index (Phi) is 3.14. The van der Waals surface area contributed by atoms with Gasteiger partial charge < -0.3 is 5.73 Å². The third-order valence-electron chi connectivity index (χ3n) is 1.83. The van der Waals surface area contributed by atoms with Gasteiger partial charge in [0.05, 0.1) is 0 Å². The molecule has 1 nitrogen and oxygen atoms in total. The Labute approximate surface area is 75.9 Å². The lowest BCUT2D eigenvalue weighted by Crippen LogP contribution is -2.06. The SMILES string of the molecule is C=C[C@@H](N)c1ccc(C(F)F)cc1. The Morgan fingerprint density at radius 1 is 1.15 bits per heavy atom. The summed E-state index contributed by atoms with van der Waals surface area (Å²) >= 11 is 0. The normalized spacial score (nSPS) is 12.9. The van der Waals surface area contributed by atoms with E-state index in [1.807, 2.05) is 0 Å². The van der Waals surface area contributed by atoms with Crippen LogP contribution >= 0.6 is 0 Å². The van der Waals surface area contributed by atoms with Crippen LogP contribution in [0, 0.1) is 0 Å². The lowest BCUT2D eigenvalue weighted by molar-refractivity contribution is 0.151. The van der Waals surface area contributed by atoms with Crippen molar-refractivity contribution in [1.29, 1.82) is 0 Å². The van der Waals surface area contributed by atoms with Crippen molar-refractivity contribution in [3.63, 3.8) is 0 Å². The van der Waals surface area contributed by atoms with E-state index in [1.54, 1.807) is 18.2 Å². The van der Waals surface area contributed by atoms with Gasteiger partial charge in [0.25, 0.3) is 6.43 Å². The topological polar surface area (TPSA) is 26.0 Å². The molecular weight excluding hydrogens is 172 g/mol. The van der Waals surface area contributed by atoms with E-state index in [0.717, 1.165) is 5.56 Å². The zero-order chi connectivity index (χ0) is 9.84. The molecule has 0 unspecified atom stereocenters. The van der Waals surface area contributed by atoms with Gasteiger partial charge in [0.15, 0.2) is 0 Å². The number of halogens is 2. The van der Waals surface area contributed by atoms with Gasteiger partial charge in [-0.1, -0.05) is 30.3 Å². The van der Waals surface area contributed by atoms with Gasteiger partial charge in [-0.25, -0.2) is 8.78 Å². The highest BCUT2D eigenvalue weighted by atomic mass is 19.3. The summed E-state index contributed by atoms with van der Waals surface area (Å²) in [4.78, 5) is 0. The van der Waals surface area contributed by atoms with Crippen LogP contribution in [0.25, 0.3) is 0 Å². The quantitative estimate of drug-likeness (QED) is 0.716. The van der Waals surface area contributed by atoms with Crippen LogP contribution in [0.5, 0.6) is 0 Å². The van der Waals surface area contributed by atoms with E-state index in [-0.39, 0.29) is 11.6 Å². The van der Waals surface area contributed by atoms with Crippen molar-refractivity contribution in [2.75, 3.05) is 0 Å². The summed E-state index contributed by atoms with van der Waals surface area (Å²) in [5, 5.41) is 0. The molecule has 1 aromatic carbocycles. The van der Waals surface area contributed by atoms with E-state index >= 15 is 0 Å². The molecule has 0 amide bonds. The second-order valence-corrected chi connectivity index (χ2v) is 2.73. The third kappa shape index (κ3) is 2.36. The fourth-order valence-electron chi connectivity index (χ4n) is 1.000. The van der Waals surface area contributed by atoms with Gasteiger partial charge in [-0.3, -0.25) is 0 Å². The van der Waals surface area contributed by atoms with Gasteiger partial charge in [0.2, 0.25) is 0 Å². The highest BCUT2D eigenvalue weighted by Crippen LogP contribution is 2.20. The van der Waals surface area contributed by atoms with E-state index in [1.165, 1.54) is 12.1 Å². The van der Waals surface area contributed by atoms with E-state index in [9.17, 15) is 8.78 Å². The summed E-state index contributed by atoms with van der Waals surface area (Å²) < 4.78 is 24.3. The maximum atomic E-state index is 12.1. The smallest absolute Gasteiger partial charge is 0.263 e. The predicted molar refractivity (Wildman–Crippen MR) is 48.5 cm³/mol. The molecule has 0 aliphatic carbocycles. The average Bonchev–Trinajstić information content (AvgIpc) is 2.17. The molecule has 3 heteroatoms. The molecule has 0 fully saturated rings. The van der Waals surface area contributed by atoms with Crippen molar-refractivity contribution in [2.24, 2.45) is 5.73 Å². The van der Waals surface area contributed by atoms with Crippen LogP contribution in [-0.4, -0.2) is 0 Å². The summed E-state index contributed by atoms with van der Waals surface area (Å²) in [6.45, 7) is 3.52. The maximum absolute atomic E-state index is 12.1. The number of rotatable bonds is 3. The zero-order valence-corrected chi connectivity index (χ0v) is 7.08. The molecule has 1 aromatic rings. The summed E-state index contributed by atoms with van der Waals surface area (Å²) in [5.74, 6) is 0. The second-order valence-electron chi connectivity index (χ2n) is 2.73. The van der Waals surface area contributed by atoms with Crippen molar-refractivity contribution < 1.29 is 8.78 Å². The molecule has 1 atom stereocenters. The van der Waals surface area contributed by atoms with Crippen LogP contribution in [0.4, 0.5) is 8.78 Å². The summed E-state index contributed by atoms with van der Waals surface area (Å²) in [6.07, 6.45) is -0.855. The molecule has 0 aliphatic heterocycles. The largest absolute Gasteiger partial charge is 0.321 e. The van der Waals surface area contributed by atoms with Crippen molar-refractivity contribution in [3.05, 3.63) is 48.0 Å². The van der Waals surface area contributed by atoms with Gasteiger partial charge in [-0.15, -0.1) is 6.58 Å². The van der Waals surface area contributed by atoms with Crippen molar-refractivity contribution in [3.8, 4) is 0 Å². The minimum Gasteiger partial charge on any atom is -0.321 e. The first-order chi connectivity index (χ1) is 6.15. The Balaban J connectivity index is 2.87. The lowest BCUT2D eigenvalue weighted by atomic mass is 10.1. The zero-order valence-electron chi connectivity index (χ0n) is 7.08. The molecule has 1 rings (SSSR count).